The number of hydrogen-bond acceptors (Lipinski definition) is 4. The van der Waals surface area contributed by atoms with Crippen molar-refractivity contribution >= 4 is 22.8 Å². The van der Waals surface area contributed by atoms with Crippen LogP contribution >= 0.6 is 0 Å². The summed E-state index contributed by atoms with van der Waals surface area (Å²) in [6.07, 6.45) is 1.97. The van der Waals surface area contributed by atoms with Crippen molar-refractivity contribution < 1.29 is 24.5 Å². The lowest BCUT2D eigenvalue weighted by atomic mass is 10.1. The highest BCUT2D eigenvalue weighted by molar-refractivity contribution is 6.27. The summed E-state index contributed by atoms with van der Waals surface area (Å²) in [6, 6.07) is 8.54. The van der Waals surface area contributed by atoms with E-state index >= 15 is 0 Å². The van der Waals surface area contributed by atoms with Gasteiger partial charge in [-0.3, -0.25) is 0 Å². The van der Waals surface area contributed by atoms with Gasteiger partial charge in [-0.25, -0.2) is 9.59 Å². The van der Waals surface area contributed by atoms with Gasteiger partial charge >= 0.3 is 11.9 Å². The number of hydrogen-bond donors (Lipinski definition) is 4. The number of aromatic amines is 1. The van der Waals surface area contributed by atoms with Crippen LogP contribution in [0, 0.1) is 0 Å². The van der Waals surface area contributed by atoms with Gasteiger partial charge < -0.3 is 25.3 Å². The Morgan fingerprint density at radius 2 is 1.95 bits per heavy atom. The van der Waals surface area contributed by atoms with E-state index in [0.717, 1.165) is 19.7 Å². The van der Waals surface area contributed by atoms with Crippen LogP contribution in [0.3, 0.4) is 0 Å². The number of fused-ring (bicyclic) bond motifs is 1. The Morgan fingerprint density at radius 1 is 1.24 bits per heavy atom. The van der Waals surface area contributed by atoms with E-state index in [1.165, 1.54) is 16.5 Å². The first-order valence-corrected chi connectivity index (χ1v) is 6.26. The number of rotatable bonds is 5. The maximum Gasteiger partial charge on any atom is 0.414 e. The largest absolute Gasteiger partial charge is 0.473 e. The van der Waals surface area contributed by atoms with Crippen LogP contribution in [-0.2, 0) is 20.9 Å². The van der Waals surface area contributed by atoms with E-state index < -0.39 is 11.9 Å². The van der Waals surface area contributed by atoms with Crippen molar-refractivity contribution in [3.8, 4) is 0 Å². The van der Waals surface area contributed by atoms with E-state index in [1.54, 1.807) is 7.11 Å². The Labute approximate surface area is 121 Å². The summed E-state index contributed by atoms with van der Waals surface area (Å²) in [4.78, 5) is 21.4. The summed E-state index contributed by atoms with van der Waals surface area (Å²) in [6.45, 7) is 2.54. The van der Waals surface area contributed by atoms with Crippen molar-refractivity contribution in [1.82, 2.24) is 10.3 Å². The average Bonchev–Trinajstić information content (AvgIpc) is 2.91. The molecule has 0 aliphatic heterocycles. The van der Waals surface area contributed by atoms with Crippen molar-refractivity contribution in [3.63, 3.8) is 0 Å². The van der Waals surface area contributed by atoms with Crippen LogP contribution in [-0.4, -0.2) is 47.4 Å². The molecule has 0 spiro atoms. The lowest BCUT2D eigenvalue weighted by Crippen LogP contribution is -2.18. The molecule has 0 radical (unpaired) electrons. The summed E-state index contributed by atoms with van der Waals surface area (Å²) >= 11 is 0. The van der Waals surface area contributed by atoms with E-state index in [2.05, 4.69) is 34.6 Å². The highest BCUT2D eigenvalue weighted by atomic mass is 16.5. The summed E-state index contributed by atoms with van der Waals surface area (Å²) in [5.74, 6) is -3.65. The predicted molar refractivity (Wildman–Crippen MR) is 77.2 cm³/mol. The lowest BCUT2D eigenvalue weighted by Gasteiger charge is -2.04. The van der Waals surface area contributed by atoms with Crippen molar-refractivity contribution in [2.45, 2.75) is 6.54 Å². The van der Waals surface area contributed by atoms with E-state index in [-0.39, 0.29) is 0 Å². The monoisotopic (exact) mass is 294 g/mol. The van der Waals surface area contributed by atoms with Crippen molar-refractivity contribution in [1.29, 1.82) is 0 Å². The number of methoxy groups -OCH3 is 1. The second-order valence-corrected chi connectivity index (χ2v) is 4.18. The first-order valence-electron chi connectivity index (χ1n) is 6.26. The van der Waals surface area contributed by atoms with E-state index in [4.69, 9.17) is 24.5 Å². The van der Waals surface area contributed by atoms with Crippen LogP contribution in [0.15, 0.2) is 30.5 Å². The molecule has 0 aliphatic rings. The Balaban J connectivity index is 0.000000315. The minimum Gasteiger partial charge on any atom is -0.473 e. The van der Waals surface area contributed by atoms with E-state index in [0.29, 0.717) is 0 Å². The molecule has 114 valence electrons. The van der Waals surface area contributed by atoms with Gasteiger partial charge in [0.05, 0.1) is 6.61 Å². The highest BCUT2D eigenvalue weighted by Gasteiger charge is 2.04. The quantitative estimate of drug-likeness (QED) is 0.484. The second-order valence-electron chi connectivity index (χ2n) is 4.18. The Bertz CT molecular complexity index is 582. The number of aromatic nitrogens is 1. The van der Waals surface area contributed by atoms with Gasteiger partial charge in [0.25, 0.3) is 0 Å². The molecule has 0 fully saturated rings. The minimum atomic E-state index is -1.82. The molecule has 0 amide bonds. The average molecular weight is 294 g/mol. The number of nitrogens with one attached hydrogen (secondary N) is 2. The van der Waals surface area contributed by atoms with Crippen LogP contribution in [0.25, 0.3) is 10.9 Å². The Hall–Kier alpha value is -2.38. The number of ether oxygens (including phenoxy) is 1. The molecule has 1 aromatic heterocycles. The molecule has 0 bridgehead atoms. The van der Waals surface area contributed by atoms with Gasteiger partial charge in [0.15, 0.2) is 0 Å². The molecule has 2 aromatic rings. The van der Waals surface area contributed by atoms with Crippen LogP contribution in [0.2, 0.25) is 0 Å². The number of carboxylic acids is 2. The second kappa shape index (κ2) is 8.72. The zero-order valence-corrected chi connectivity index (χ0v) is 11.6. The molecule has 0 saturated heterocycles. The smallest absolute Gasteiger partial charge is 0.414 e. The fourth-order valence-electron chi connectivity index (χ4n) is 1.62. The summed E-state index contributed by atoms with van der Waals surface area (Å²) in [5.41, 5.74) is 2.49. The van der Waals surface area contributed by atoms with Crippen LogP contribution < -0.4 is 5.32 Å². The SMILES string of the molecule is COCCNCc1ccc2[nH]ccc2c1.O=C(O)C(=O)O. The molecule has 7 heteroatoms. The van der Waals surface area contributed by atoms with Crippen molar-refractivity contribution in [2.24, 2.45) is 0 Å². The fourth-order valence-corrected chi connectivity index (χ4v) is 1.62. The molecule has 7 nitrogen and oxygen atoms in total. The van der Waals surface area contributed by atoms with Crippen LogP contribution in [0.1, 0.15) is 5.56 Å². The first kappa shape index (κ1) is 16.7. The molecule has 1 aromatic carbocycles. The number of carbonyl (C=O) groups is 2. The molecule has 2 rings (SSSR count). The Kier molecular flexibility index (Phi) is 6.93. The molecule has 1 heterocycles. The molecule has 0 unspecified atom stereocenters. The molecule has 21 heavy (non-hydrogen) atoms. The van der Waals surface area contributed by atoms with Gasteiger partial charge in [-0.1, -0.05) is 6.07 Å². The van der Waals surface area contributed by atoms with Gasteiger partial charge in [-0.05, 0) is 29.1 Å². The zero-order valence-electron chi connectivity index (χ0n) is 11.6. The summed E-state index contributed by atoms with van der Waals surface area (Å²) < 4.78 is 4.97. The molecule has 4 N–H and O–H groups in total. The predicted octanol–water partition coefficient (Wildman–Crippen LogP) is 1.06. The number of aliphatic carboxylic acids is 2. The third-order valence-electron chi connectivity index (χ3n) is 2.61. The van der Waals surface area contributed by atoms with Gasteiger partial charge in [0, 0.05) is 31.9 Å². The molecular formula is C14H18N2O5. The first-order chi connectivity index (χ1) is 10.0. The minimum absolute atomic E-state index is 0.756. The third kappa shape index (κ3) is 6.07. The van der Waals surface area contributed by atoms with Gasteiger partial charge in [-0.2, -0.15) is 0 Å². The van der Waals surface area contributed by atoms with Crippen LogP contribution in [0.4, 0.5) is 0 Å². The topological polar surface area (TPSA) is 112 Å². The standard InChI is InChI=1S/C12H16N2O.C2H2O4/c1-15-7-6-13-9-10-2-3-12-11(8-10)4-5-14-12;3-1(4)2(5)6/h2-5,8,13-14H,6-7,9H2,1H3;(H,3,4)(H,5,6). The lowest BCUT2D eigenvalue weighted by molar-refractivity contribution is -0.159. The maximum atomic E-state index is 9.10. The summed E-state index contributed by atoms with van der Waals surface area (Å²) in [5, 5.41) is 19.4. The van der Waals surface area contributed by atoms with Crippen molar-refractivity contribution in [3.05, 3.63) is 36.0 Å². The number of carboxylic acid groups (broad SMARTS) is 2. The third-order valence-corrected chi connectivity index (χ3v) is 2.61. The number of benzene rings is 1. The van der Waals surface area contributed by atoms with Gasteiger partial charge in [0.2, 0.25) is 0 Å². The van der Waals surface area contributed by atoms with Crippen LogP contribution in [0.5, 0.6) is 0 Å². The van der Waals surface area contributed by atoms with Gasteiger partial charge in [-0.15, -0.1) is 0 Å². The summed E-state index contributed by atoms with van der Waals surface area (Å²) in [7, 11) is 1.72. The molecule has 0 aliphatic carbocycles. The Morgan fingerprint density at radius 3 is 2.57 bits per heavy atom. The van der Waals surface area contributed by atoms with E-state index in [9.17, 15) is 0 Å². The molecular weight excluding hydrogens is 276 g/mol. The number of H-pyrrole nitrogens is 1. The molecule has 0 saturated carbocycles. The van der Waals surface area contributed by atoms with Crippen molar-refractivity contribution in [2.75, 3.05) is 20.3 Å². The molecule has 0 atom stereocenters. The van der Waals surface area contributed by atoms with E-state index in [1.807, 2.05) is 6.20 Å². The maximum absolute atomic E-state index is 9.10. The highest BCUT2D eigenvalue weighted by Crippen LogP contribution is 2.13. The zero-order chi connectivity index (χ0) is 15.7. The van der Waals surface area contributed by atoms with Gasteiger partial charge in [0.1, 0.15) is 0 Å². The fraction of sp³-hybridized carbons (Fsp3) is 0.286. The normalized spacial score (nSPS) is 9.95.